The number of nitrogens with zero attached hydrogens (tertiary/aromatic N) is 1. The summed E-state index contributed by atoms with van der Waals surface area (Å²) in [5, 5.41) is 20.6. The van der Waals surface area contributed by atoms with E-state index in [1.54, 1.807) is 0 Å². The molecule has 4 rings (SSSR count). The van der Waals surface area contributed by atoms with Gasteiger partial charge in [-0.05, 0) is 31.0 Å². The van der Waals surface area contributed by atoms with E-state index in [4.69, 9.17) is 16.3 Å². The molecule has 2 aliphatic heterocycles. The van der Waals surface area contributed by atoms with Crippen molar-refractivity contribution in [3.8, 4) is 17.4 Å². The monoisotopic (exact) mass is 295 g/mol. The normalized spacial score (nSPS) is 23.3. The van der Waals surface area contributed by atoms with Crippen LogP contribution in [0.5, 0.6) is 11.8 Å². The van der Waals surface area contributed by atoms with Crippen LogP contribution in [0.3, 0.4) is 0 Å². The van der Waals surface area contributed by atoms with Crippen LogP contribution in [0.2, 0.25) is 5.02 Å². The average molecular weight is 296 g/mol. The Kier molecular flexibility index (Phi) is 2.35. The van der Waals surface area contributed by atoms with E-state index >= 15 is 0 Å². The maximum atomic E-state index is 13.2. The van der Waals surface area contributed by atoms with E-state index in [9.17, 15) is 14.6 Å². The molecule has 1 aromatic heterocycles. The van der Waals surface area contributed by atoms with Crippen molar-refractivity contribution in [1.82, 2.24) is 4.57 Å². The molecular formula is C14H11ClFNO3. The van der Waals surface area contributed by atoms with Crippen LogP contribution in [0.4, 0.5) is 4.39 Å². The molecular weight excluding hydrogens is 285 g/mol. The Morgan fingerprint density at radius 2 is 1.75 bits per heavy atom. The highest BCUT2D eigenvalue weighted by Gasteiger charge is 2.45. The van der Waals surface area contributed by atoms with Crippen LogP contribution >= 0.6 is 11.6 Å². The first-order valence-electron chi connectivity index (χ1n) is 6.35. The molecule has 2 atom stereocenters. The minimum absolute atomic E-state index is 0.0608. The molecule has 20 heavy (non-hydrogen) atoms. The molecule has 1 aromatic carbocycles. The van der Waals surface area contributed by atoms with Gasteiger partial charge in [0.1, 0.15) is 5.82 Å². The first-order valence-corrected chi connectivity index (χ1v) is 6.73. The largest absolute Gasteiger partial charge is 0.494 e. The van der Waals surface area contributed by atoms with Crippen LogP contribution in [-0.2, 0) is 4.74 Å². The fourth-order valence-corrected chi connectivity index (χ4v) is 3.32. The van der Waals surface area contributed by atoms with E-state index in [0.717, 1.165) is 12.8 Å². The molecule has 2 aromatic rings. The van der Waals surface area contributed by atoms with E-state index in [0.29, 0.717) is 16.8 Å². The lowest BCUT2D eigenvalue weighted by molar-refractivity contribution is 0.0683. The van der Waals surface area contributed by atoms with E-state index < -0.39 is 5.82 Å². The van der Waals surface area contributed by atoms with Crippen LogP contribution in [0.15, 0.2) is 18.2 Å². The molecule has 0 spiro atoms. The van der Waals surface area contributed by atoms with Gasteiger partial charge in [0.15, 0.2) is 0 Å². The minimum atomic E-state index is -0.544. The second kappa shape index (κ2) is 3.90. The lowest BCUT2D eigenvalue weighted by Gasteiger charge is -2.10. The van der Waals surface area contributed by atoms with Gasteiger partial charge in [-0.1, -0.05) is 11.6 Å². The molecule has 1 fully saturated rings. The molecule has 2 bridgehead atoms. The standard InChI is InChI=1S/C14H11ClFNO3/c15-7-5-6(1-2-8(7)16)17-13(18)11-9-3-4-10(20-9)12(11)14(17)19/h1-2,5,9-10,18-19H,3-4H2/t9-,10+. The molecule has 1 saturated heterocycles. The Morgan fingerprint density at radius 3 is 2.30 bits per heavy atom. The second-order valence-electron chi connectivity index (χ2n) is 5.10. The predicted octanol–water partition coefficient (Wildman–Crippen LogP) is 3.59. The maximum absolute atomic E-state index is 13.2. The van der Waals surface area contributed by atoms with Gasteiger partial charge in [0.05, 0.1) is 34.0 Å². The summed E-state index contributed by atoms with van der Waals surface area (Å²) in [6.45, 7) is 0. The smallest absolute Gasteiger partial charge is 0.205 e. The molecule has 3 heterocycles. The van der Waals surface area contributed by atoms with Crippen molar-refractivity contribution in [2.45, 2.75) is 25.0 Å². The summed E-state index contributed by atoms with van der Waals surface area (Å²) in [5.74, 6) is -0.669. The summed E-state index contributed by atoms with van der Waals surface area (Å²) in [6.07, 6.45) is 1.33. The van der Waals surface area contributed by atoms with Crippen molar-refractivity contribution in [3.05, 3.63) is 40.2 Å². The summed E-state index contributed by atoms with van der Waals surface area (Å²) in [6, 6.07) is 4.03. The third kappa shape index (κ3) is 1.39. The third-order valence-corrected chi connectivity index (χ3v) is 4.31. The Hall–Kier alpha value is -1.72. The fraction of sp³-hybridized carbons (Fsp3) is 0.286. The highest BCUT2D eigenvalue weighted by atomic mass is 35.5. The van der Waals surface area contributed by atoms with E-state index in [2.05, 4.69) is 0 Å². The number of rotatable bonds is 1. The molecule has 0 radical (unpaired) electrons. The summed E-state index contributed by atoms with van der Waals surface area (Å²) in [4.78, 5) is 0. The molecule has 0 amide bonds. The first-order chi connectivity index (χ1) is 9.58. The van der Waals surface area contributed by atoms with Gasteiger partial charge in [-0.2, -0.15) is 0 Å². The Morgan fingerprint density at radius 1 is 1.15 bits per heavy atom. The molecule has 0 unspecified atom stereocenters. The number of fused-ring (bicyclic) bond motifs is 5. The van der Waals surface area contributed by atoms with Crippen LogP contribution in [0.25, 0.3) is 5.69 Å². The molecule has 2 N–H and O–H groups in total. The Bertz CT molecular complexity index is 694. The average Bonchev–Trinajstić information content (AvgIpc) is 3.08. The van der Waals surface area contributed by atoms with Crippen molar-refractivity contribution in [2.24, 2.45) is 0 Å². The van der Waals surface area contributed by atoms with Gasteiger partial charge in [-0.3, -0.25) is 4.57 Å². The summed E-state index contributed by atoms with van der Waals surface area (Å²) < 4.78 is 20.2. The zero-order valence-corrected chi connectivity index (χ0v) is 11.1. The zero-order chi connectivity index (χ0) is 14.0. The van der Waals surface area contributed by atoms with Crippen molar-refractivity contribution in [1.29, 1.82) is 0 Å². The first kappa shape index (κ1) is 12.1. The SMILES string of the molecule is Oc1c2c(c(O)n1-c1ccc(F)c(Cl)c1)[C@H]1CC[C@@H]2O1. The fourth-order valence-electron chi connectivity index (χ4n) is 3.15. The zero-order valence-electron chi connectivity index (χ0n) is 10.3. The summed E-state index contributed by atoms with van der Waals surface area (Å²) >= 11 is 5.76. The summed E-state index contributed by atoms with van der Waals surface area (Å²) in [7, 11) is 0. The number of benzene rings is 1. The van der Waals surface area contributed by atoms with Crippen molar-refractivity contribution < 1.29 is 19.3 Å². The molecule has 0 aliphatic carbocycles. The molecule has 0 saturated carbocycles. The van der Waals surface area contributed by atoms with Crippen molar-refractivity contribution >= 4 is 11.6 Å². The lowest BCUT2D eigenvalue weighted by atomic mass is 9.95. The third-order valence-electron chi connectivity index (χ3n) is 4.02. The highest BCUT2D eigenvalue weighted by Crippen LogP contribution is 2.58. The Balaban J connectivity index is 1.94. The maximum Gasteiger partial charge on any atom is 0.205 e. The van der Waals surface area contributed by atoms with Crippen LogP contribution in [0, 0.1) is 5.82 Å². The molecule has 4 nitrogen and oxygen atoms in total. The number of halogens is 2. The van der Waals surface area contributed by atoms with Crippen LogP contribution in [-0.4, -0.2) is 14.8 Å². The van der Waals surface area contributed by atoms with E-state index in [1.807, 2.05) is 0 Å². The number of hydrogen-bond acceptors (Lipinski definition) is 3. The van der Waals surface area contributed by atoms with E-state index in [1.165, 1.54) is 22.8 Å². The second-order valence-corrected chi connectivity index (χ2v) is 5.51. The van der Waals surface area contributed by atoms with Gasteiger partial charge >= 0.3 is 0 Å². The van der Waals surface area contributed by atoms with Crippen LogP contribution < -0.4 is 0 Å². The molecule has 6 heteroatoms. The number of aromatic nitrogens is 1. The predicted molar refractivity (Wildman–Crippen MR) is 69.9 cm³/mol. The van der Waals surface area contributed by atoms with Gasteiger partial charge in [-0.25, -0.2) is 4.39 Å². The van der Waals surface area contributed by atoms with Gasteiger partial charge in [0.2, 0.25) is 11.8 Å². The number of ether oxygens (including phenoxy) is 1. The Labute approximate surface area is 119 Å². The minimum Gasteiger partial charge on any atom is -0.494 e. The summed E-state index contributed by atoms with van der Waals surface area (Å²) in [5.41, 5.74) is 1.69. The quantitative estimate of drug-likeness (QED) is 0.845. The topological polar surface area (TPSA) is 54.6 Å². The van der Waals surface area contributed by atoms with Gasteiger partial charge in [0, 0.05) is 0 Å². The van der Waals surface area contributed by atoms with E-state index in [-0.39, 0.29) is 29.0 Å². The molecule has 104 valence electrons. The molecule has 2 aliphatic rings. The van der Waals surface area contributed by atoms with Gasteiger partial charge < -0.3 is 14.9 Å². The van der Waals surface area contributed by atoms with Crippen LogP contribution in [0.1, 0.15) is 36.2 Å². The highest BCUT2D eigenvalue weighted by molar-refractivity contribution is 6.30. The number of hydrogen-bond donors (Lipinski definition) is 2. The van der Waals surface area contributed by atoms with Gasteiger partial charge in [-0.15, -0.1) is 0 Å². The lowest BCUT2D eigenvalue weighted by Crippen LogP contribution is -1.96. The van der Waals surface area contributed by atoms with Crippen molar-refractivity contribution in [3.63, 3.8) is 0 Å². The van der Waals surface area contributed by atoms with Gasteiger partial charge in [0.25, 0.3) is 0 Å². The number of aromatic hydroxyl groups is 2. The van der Waals surface area contributed by atoms with Crippen molar-refractivity contribution in [2.75, 3.05) is 0 Å².